The van der Waals surface area contributed by atoms with E-state index in [-0.39, 0.29) is 0 Å². The summed E-state index contributed by atoms with van der Waals surface area (Å²) in [5, 5.41) is 12.9. The molecule has 0 radical (unpaired) electrons. The topological polar surface area (TPSA) is 14.8 Å². The molecule has 0 unspecified atom stereocenters. The minimum Gasteiger partial charge on any atom is -0.309 e. The molecule has 0 aliphatic rings. The lowest BCUT2D eigenvalue weighted by molar-refractivity contribution is 1.16. The van der Waals surface area contributed by atoms with Gasteiger partial charge in [0.25, 0.3) is 0 Å². The summed E-state index contributed by atoms with van der Waals surface area (Å²) in [7, 11) is -2.70. The Morgan fingerprint density at radius 3 is 1.24 bits per heavy atom. The standard InChI is InChI=1S/C66H45N3Si/c1-5-20-47(21-6-1)67-62-34-17-15-30-57(62)60-44-46(36-43-64(60)67)54-31-19-32-59-56-29-14-18-35-63(56)69(66(54)59)49-39-42-58-55-28-13-16-33-61(55)68(65(58)45-49)48-37-40-53(41-38-48)70(50-22-7-2-8-23-50,51-24-9-3-10-25-51)52-26-11-4-12-27-52/h1-45H. The van der Waals surface area contributed by atoms with Crippen molar-refractivity contribution in [1.82, 2.24) is 13.7 Å². The first-order chi connectivity index (χ1) is 34.8. The molecule has 0 fully saturated rings. The molecule has 3 nitrogen and oxygen atoms in total. The highest BCUT2D eigenvalue weighted by atomic mass is 28.3. The molecule has 0 saturated heterocycles. The van der Waals surface area contributed by atoms with Crippen LogP contribution in [0.4, 0.5) is 0 Å². The van der Waals surface area contributed by atoms with Gasteiger partial charge in [0.2, 0.25) is 0 Å². The van der Waals surface area contributed by atoms with Crippen LogP contribution in [0.1, 0.15) is 0 Å². The molecule has 3 heterocycles. The molecule has 328 valence electrons. The lowest BCUT2D eigenvalue weighted by Gasteiger charge is -2.34. The summed E-state index contributed by atoms with van der Waals surface area (Å²) in [6.07, 6.45) is 0. The highest BCUT2D eigenvalue weighted by Gasteiger charge is 2.41. The Kier molecular flexibility index (Phi) is 9.23. The number of aromatic nitrogens is 3. The van der Waals surface area contributed by atoms with E-state index >= 15 is 0 Å². The normalized spacial score (nSPS) is 12.0. The molecule has 0 amide bonds. The summed E-state index contributed by atoms with van der Waals surface area (Å²) in [6.45, 7) is 0. The van der Waals surface area contributed by atoms with Gasteiger partial charge in [-0.15, -0.1) is 0 Å². The predicted molar refractivity (Wildman–Crippen MR) is 299 cm³/mol. The molecule has 11 aromatic carbocycles. The number of nitrogens with zero attached hydrogens (tertiary/aromatic N) is 3. The molecule has 70 heavy (non-hydrogen) atoms. The molecule has 0 atom stereocenters. The summed E-state index contributed by atoms with van der Waals surface area (Å²) >= 11 is 0. The van der Waals surface area contributed by atoms with Crippen LogP contribution in [-0.4, -0.2) is 21.8 Å². The Morgan fingerprint density at radius 1 is 0.229 bits per heavy atom. The van der Waals surface area contributed by atoms with Gasteiger partial charge in [-0.1, -0.05) is 206 Å². The van der Waals surface area contributed by atoms with E-state index in [1.165, 1.54) is 97.3 Å². The summed E-state index contributed by atoms with van der Waals surface area (Å²) in [4.78, 5) is 0. The quantitative estimate of drug-likeness (QED) is 0.107. The first-order valence-corrected chi connectivity index (χ1v) is 26.2. The molecule has 0 N–H and O–H groups in total. The van der Waals surface area contributed by atoms with E-state index in [0.29, 0.717) is 0 Å². The lowest BCUT2D eigenvalue weighted by Crippen LogP contribution is -2.74. The van der Waals surface area contributed by atoms with Gasteiger partial charge >= 0.3 is 0 Å². The van der Waals surface area contributed by atoms with Crippen LogP contribution >= 0.6 is 0 Å². The van der Waals surface area contributed by atoms with Crippen LogP contribution in [0.5, 0.6) is 0 Å². The van der Waals surface area contributed by atoms with Gasteiger partial charge in [-0.3, -0.25) is 0 Å². The summed E-state index contributed by atoms with van der Waals surface area (Å²) in [5.74, 6) is 0. The zero-order valence-electron chi connectivity index (χ0n) is 38.3. The number of fused-ring (bicyclic) bond motifs is 9. The zero-order valence-corrected chi connectivity index (χ0v) is 39.3. The fourth-order valence-electron chi connectivity index (χ4n) is 11.8. The SMILES string of the molecule is c1ccc(-n2c3ccccc3c3cc(-c4cccc5c6ccccc6n(-c6ccc7c8ccccc8n(-c8ccc([Si](c9ccccc9)(c9ccccc9)c9ccccc9)cc8)c7c6)c45)ccc32)cc1. The molecule has 0 aliphatic carbocycles. The maximum absolute atomic E-state index is 2.70. The third-order valence-corrected chi connectivity index (χ3v) is 19.6. The second-order valence-electron chi connectivity index (χ2n) is 18.4. The molecular formula is C66H45N3Si. The number of hydrogen-bond donors (Lipinski definition) is 0. The average Bonchev–Trinajstić information content (AvgIpc) is 4.08. The van der Waals surface area contributed by atoms with Gasteiger partial charge < -0.3 is 13.7 Å². The first-order valence-electron chi connectivity index (χ1n) is 24.2. The maximum atomic E-state index is 2.50. The minimum absolute atomic E-state index is 1.12. The van der Waals surface area contributed by atoms with Crippen molar-refractivity contribution in [2.75, 3.05) is 0 Å². The van der Waals surface area contributed by atoms with E-state index in [4.69, 9.17) is 0 Å². The van der Waals surface area contributed by atoms with E-state index < -0.39 is 8.07 Å². The van der Waals surface area contributed by atoms with Crippen LogP contribution in [0.3, 0.4) is 0 Å². The minimum atomic E-state index is -2.70. The monoisotopic (exact) mass is 907 g/mol. The number of hydrogen-bond acceptors (Lipinski definition) is 0. The first kappa shape index (κ1) is 40.1. The predicted octanol–water partition coefficient (Wildman–Crippen LogP) is 14.0. The van der Waals surface area contributed by atoms with Crippen LogP contribution in [0.15, 0.2) is 273 Å². The molecule has 3 aromatic heterocycles. The van der Waals surface area contributed by atoms with Crippen molar-refractivity contribution in [3.8, 4) is 28.2 Å². The highest BCUT2D eigenvalue weighted by molar-refractivity contribution is 7.19. The highest BCUT2D eigenvalue weighted by Crippen LogP contribution is 2.42. The largest absolute Gasteiger partial charge is 0.309 e. The van der Waals surface area contributed by atoms with Crippen molar-refractivity contribution in [2.45, 2.75) is 0 Å². The van der Waals surface area contributed by atoms with Crippen molar-refractivity contribution in [3.05, 3.63) is 273 Å². The fraction of sp³-hybridized carbons (Fsp3) is 0. The molecule has 0 aliphatic heterocycles. The molecule has 0 spiro atoms. The Hall–Kier alpha value is -8.96. The number of benzene rings is 11. The van der Waals surface area contributed by atoms with Gasteiger partial charge in [-0.25, -0.2) is 0 Å². The zero-order chi connectivity index (χ0) is 46.2. The van der Waals surface area contributed by atoms with Crippen molar-refractivity contribution in [1.29, 1.82) is 0 Å². The van der Waals surface area contributed by atoms with Gasteiger partial charge in [0, 0.05) is 54.9 Å². The second-order valence-corrected chi connectivity index (χ2v) is 22.2. The van der Waals surface area contributed by atoms with Crippen LogP contribution in [0, 0.1) is 0 Å². The van der Waals surface area contributed by atoms with Gasteiger partial charge in [-0.2, -0.15) is 0 Å². The molecule has 0 saturated carbocycles. The Morgan fingerprint density at radius 2 is 0.643 bits per heavy atom. The summed E-state index contributed by atoms with van der Waals surface area (Å²) < 4.78 is 7.36. The number of para-hydroxylation sites is 5. The smallest absolute Gasteiger partial charge is 0.179 e. The van der Waals surface area contributed by atoms with Gasteiger partial charge in [-0.05, 0) is 93.0 Å². The van der Waals surface area contributed by atoms with Crippen molar-refractivity contribution >= 4 is 94.2 Å². The van der Waals surface area contributed by atoms with E-state index in [1.807, 2.05) is 0 Å². The Bertz CT molecular complexity index is 4170. The van der Waals surface area contributed by atoms with Crippen LogP contribution in [-0.2, 0) is 0 Å². The van der Waals surface area contributed by atoms with Crippen molar-refractivity contribution < 1.29 is 0 Å². The fourth-order valence-corrected chi connectivity index (χ4v) is 16.6. The van der Waals surface area contributed by atoms with E-state index in [9.17, 15) is 0 Å². The summed E-state index contributed by atoms with van der Waals surface area (Å²) in [6, 6.07) is 101. The second kappa shape index (κ2) is 16.1. The van der Waals surface area contributed by atoms with Gasteiger partial charge in [0.15, 0.2) is 8.07 Å². The number of rotatable bonds is 8. The third-order valence-electron chi connectivity index (χ3n) is 14.8. The van der Waals surface area contributed by atoms with Crippen molar-refractivity contribution in [3.63, 3.8) is 0 Å². The molecular weight excluding hydrogens is 863 g/mol. The third kappa shape index (κ3) is 6.00. The van der Waals surface area contributed by atoms with E-state index in [1.54, 1.807) is 0 Å². The van der Waals surface area contributed by atoms with E-state index in [0.717, 1.165) is 17.1 Å². The van der Waals surface area contributed by atoms with Crippen molar-refractivity contribution in [2.24, 2.45) is 0 Å². The molecule has 14 aromatic rings. The Balaban J connectivity index is 0.974. The molecule has 4 heteroatoms. The van der Waals surface area contributed by atoms with Crippen LogP contribution in [0.25, 0.3) is 93.6 Å². The van der Waals surface area contributed by atoms with E-state index in [2.05, 4.69) is 287 Å². The average molecular weight is 908 g/mol. The van der Waals surface area contributed by atoms with Crippen LogP contribution in [0.2, 0.25) is 0 Å². The molecule has 0 bridgehead atoms. The van der Waals surface area contributed by atoms with Gasteiger partial charge in [0.1, 0.15) is 0 Å². The lowest BCUT2D eigenvalue weighted by atomic mass is 10.00. The molecule has 14 rings (SSSR count). The van der Waals surface area contributed by atoms with Crippen LogP contribution < -0.4 is 20.7 Å². The maximum Gasteiger partial charge on any atom is 0.179 e. The summed E-state index contributed by atoms with van der Waals surface area (Å²) in [5.41, 5.74) is 12.9. The van der Waals surface area contributed by atoms with Gasteiger partial charge in [0.05, 0.1) is 33.1 Å². The Labute approximate surface area is 407 Å².